The molecule has 2 N–H and O–H groups in total. The number of nitrogens with zero attached hydrogens (tertiary/aromatic N) is 2. The number of carbonyl (C=O) groups is 1. The number of methoxy groups -OCH3 is 2. The first-order chi connectivity index (χ1) is 11.6. The van der Waals surface area contributed by atoms with Crippen molar-refractivity contribution in [3.8, 4) is 11.5 Å². The predicted molar refractivity (Wildman–Crippen MR) is 91.5 cm³/mol. The SMILES string of the molecule is COc1ccc(OC)c([C@H]2CCN(C(=O)c3ccnc(N)c3)C2)c1. The van der Waals surface area contributed by atoms with E-state index < -0.39 is 0 Å². The van der Waals surface area contributed by atoms with Crippen LogP contribution in [0.3, 0.4) is 0 Å². The summed E-state index contributed by atoms with van der Waals surface area (Å²) in [6.45, 7) is 1.34. The molecule has 0 spiro atoms. The van der Waals surface area contributed by atoms with Gasteiger partial charge >= 0.3 is 0 Å². The fourth-order valence-electron chi connectivity index (χ4n) is 3.12. The Labute approximate surface area is 141 Å². The summed E-state index contributed by atoms with van der Waals surface area (Å²) in [7, 11) is 3.30. The summed E-state index contributed by atoms with van der Waals surface area (Å²) >= 11 is 0. The lowest BCUT2D eigenvalue weighted by atomic mass is 9.97. The molecule has 1 aliphatic rings. The number of rotatable bonds is 4. The lowest BCUT2D eigenvalue weighted by Gasteiger charge is -2.18. The monoisotopic (exact) mass is 327 g/mol. The van der Waals surface area contributed by atoms with Crippen LogP contribution in [0.1, 0.15) is 28.3 Å². The normalized spacial score (nSPS) is 16.9. The van der Waals surface area contributed by atoms with Crippen molar-refractivity contribution in [2.45, 2.75) is 12.3 Å². The Bertz CT molecular complexity index is 748. The molecular formula is C18H21N3O3. The summed E-state index contributed by atoms with van der Waals surface area (Å²) in [6, 6.07) is 9.07. The summed E-state index contributed by atoms with van der Waals surface area (Å²) in [6.07, 6.45) is 2.44. The molecule has 1 saturated heterocycles. The summed E-state index contributed by atoms with van der Waals surface area (Å²) in [4.78, 5) is 18.4. The highest BCUT2D eigenvalue weighted by molar-refractivity contribution is 5.95. The molecular weight excluding hydrogens is 306 g/mol. The van der Waals surface area contributed by atoms with Crippen LogP contribution >= 0.6 is 0 Å². The minimum absolute atomic E-state index is 0.0199. The average Bonchev–Trinajstić information content (AvgIpc) is 3.10. The van der Waals surface area contributed by atoms with E-state index in [2.05, 4.69) is 4.98 Å². The van der Waals surface area contributed by atoms with Crippen molar-refractivity contribution < 1.29 is 14.3 Å². The van der Waals surface area contributed by atoms with Gasteiger partial charge in [-0.2, -0.15) is 0 Å². The van der Waals surface area contributed by atoms with Gasteiger partial charge in [0, 0.05) is 36.3 Å². The van der Waals surface area contributed by atoms with Crippen LogP contribution in [-0.4, -0.2) is 43.1 Å². The van der Waals surface area contributed by atoms with E-state index in [1.165, 1.54) is 0 Å². The van der Waals surface area contributed by atoms with Crippen LogP contribution in [0.4, 0.5) is 5.82 Å². The quantitative estimate of drug-likeness (QED) is 0.932. The number of hydrogen-bond acceptors (Lipinski definition) is 5. The Morgan fingerprint density at radius 3 is 2.79 bits per heavy atom. The molecule has 1 aromatic carbocycles. The number of nitrogen functional groups attached to an aromatic ring is 1. The summed E-state index contributed by atoms with van der Waals surface area (Å²) < 4.78 is 10.8. The minimum atomic E-state index is -0.0199. The van der Waals surface area contributed by atoms with E-state index >= 15 is 0 Å². The van der Waals surface area contributed by atoms with Crippen molar-refractivity contribution >= 4 is 11.7 Å². The summed E-state index contributed by atoms with van der Waals surface area (Å²) in [5, 5.41) is 0. The first-order valence-corrected chi connectivity index (χ1v) is 7.85. The van der Waals surface area contributed by atoms with Crippen LogP contribution in [-0.2, 0) is 0 Å². The highest BCUT2D eigenvalue weighted by Gasteiger charge is 2.30. The van der Waals surface area contributed by atoms with Crippen molar-refractivity contribution in [1.82, 2.24) is 9.88 Å². The lowest BCUT2D eigenvalue weighted by molar-refractivity contribution is 0.0790. The van der Waals surface area contributed by atoms with E-state index in [0.717, 1.165) is 23.5 Å². The lowest BCUT2D eigenvalue weighted by Crippen LogP contribution is -2.28. The van der Waals surface area contributed by atoms with E-state index in [0.29, 0.717) is 24.5 Å². The molecule has 2 heterocycles. The molecule has 0 unspecified atom stereocenters. The van der Waals surface area contributed by atoms with Gasteiger partial charge < -0.3 is 20.1 Å². The second-order valence-electron chi connectivity index (χ2n) is 5.81. The molecule has 2 aromatic rings. The highest BCUT2D eigenvalue weighted by atomic mass is 16.5. The molecule has 1 fully saturated rings. The maximum atomic E-state index is 12.6. The van der Waals surface area contributed by atoms with E-state index in [9.17, 15) is 4.79 Å². The van der Waals surface area contributed by atoms with E-state index in [-0.39, 0.29) is 11.8 Å². The van der Waals surface area contributed by atoms with Crippen LogP contribution in [0.25, 0.3) is 0 Å². The highest BCUT2D eigenvalue weighted by Crippen LogP contribution is 2.36. The molecule has 1 aromatic heterocycles. The van der Waals surface area contributed by atoms with Crippen LogP contribution < -0.4 is 15.2 Å². The fraction of sp³-hybridized carbons (Fsp3) is 0.333. The number of likely N-dealkylation sites (tertiary alicyclic amines) is 1. The van der Waals surface area contributed by atoms with Gasteiger partial charge in [0.2, 0.25) is 0 Å². The Morgan fingerprint density at radius 2 is 2.08 bits per heavy atom. The number of ether oxygens (including phenoxy) is 2. The molecule has 6 heteroatoms. The number of benzene rings is 1. The van der Waals surface area contributed by atoms with Gasteiger partial charge in [0.05, 0.1) is 14.2 Å². The zero-order valence-electron chi connectivity index (χ0n) is 13.9. The maximum absolute atomic E-state index is 12.6. The average molecular weight is 327 g/mol. The molecule has 0 saturated carbocycles. The first-order valence-electron chi connectivity index (χ1n) is 7.85. The van der Waals surface area contributed by atoms with Gasteiger partial charge in [-0.05, 0) is 36.8 Å². The third-order valence-corrected chi connectivity index (χ3v) is 4.38. The number of anilines is 1. The molecule has 0 radical (unpaired) electrons. The van der Waals surface area contributed by atoms with Crippen LogP contribution in [0.5, 0.6) is 11.5 Å². The largest absolute Gasteiger partial charge is 0.497 e. The minimum Gasteiger partial charge on any atom is -0.497 e. The van der Waals surface area contributed by atoms with E-state index in [1.807, 2.05) is 23.1 Å². The molecule has 1 aliphatic heterocycles. The topological polar surface area (TPSA) is 77.7 Å². The Kier molecular flexibility index (Phi) is 4.55. The smallest absolute Gasteiger partial charge is 0.254 e. The van der Waals surface area contributed by atoms with Gasteiger partial charge in [-0.3, -0.25) is 4.79 Å². The zero-order valence-corrected chi connectivity index (χ0v) is 13.9. The zero-order chi connectivity index (χ0) is 17.1. The molecule has 24 heavy (non-hydrogen) atoms. The van der Waals surface area contributed by atoms with Crippen molar-refractivity contribution in [3.63, 3.8) is 0 Å². The number of nitrogens with two attached hydrogens (primary N) is 1. The maximum Gasteiger partial charge on any atom is 0.254 e. The fourth-order valence-corrected chi connectivity index (χ4v) is 3.12. The molecule has 1 atom stereocenters. The molecule has 1 amide bonds. The molecule has 3 rings (SSSR count). The number of hydrogen-bond donors (Lipinski definition) is 1. The second kappa shape index (κ2) is 6.78. The number of aromatic nitrogens is 1. The van der Waals surface area contributed by atoms with Gasteiger partial charge in [0.15, 0.2) is 0 Å². The van der Waals surface area contributed by atoms with Crippen molar-refractivity contribution in [3.05, 3.63) is 47.7 Å². The Morgan fingerprint density at radius 1 is 1.25 bits per heavy atom. The van der Waals surface area contributed by atoms with Crippen molar-refractivity contribution in [1.29, 1.82) is 0 Å². The molecule has 0 aliphatic carbocycles. The van der Waals surface area contributed by atoms with E-state index in [4.69, 9.17) is 15.2 Å². The third kappa shape index (κ3) is 3.13. The predicted octanol–water partition coefficient (Wildman–Crippen LogP) is 2.31. The molecule has 0 bridgehead atoms. The molecule has 6 nitrogen and oxygen atoms in total. The van der Waals surface area contributed by atoms with Crippen molar-refractivity contribution in [2.75, 3.05) is 33.0 Å². The number of pyridine rings is 1. The van der Waals surface area contributed by atoms with Gasteiger partial charge in [-0.25, -0.2) is 4.98 Å². The summed E-state index contributed by atoms with van der Waals surface area (Å²) in [5.74, 6) is 2.17. The first kappa shape index (κ1) is 16.1. The Balaban J connectivity index is 1.79. The van der Waals surface area contributed by atoms with Gasteiger partial charge in [0.1, 0.15) is 17.3 Å². The molecule has 126 valence electrons. The van der Waals surface area contributed by atoms with Crippen LogP contribution in [0, 0.1) is 0 Å². The van der Waals surface area contributed by atoms with E-state index in [1.54, 1.807) is 32.5 Å². The van der Waals surface area contributed by atoms with Crippen LogP contribution in [0.2, 0.25) is 0 Å². The van der Waals surface area contributed by atoms with Gasteiger partial charge in [-0.1, -0.05) is 0 Å². The van der Waals surface area contributed by atoms with Crippen LogP contribution in [0.15, 0.2) is 36.5 Å². The van der Waals surface area contributed by atoms with Gasteiger partial charge in [-0.15, -0.1) is 0 Å². The number of amides is 1. The standard InChI is InChI=1S/C18H21N3O3/c1-23-14-3-4-16(24-2)15(10-14)13-6-8-21(11-13)18(22)12-5-7-20-17(19)9-12/h3-5,7,9-10,13H,6,8,11H2,1-2H3,(H2,19,20)/t13-/m0/s1. The van der Waals surface area contributed by atoms with Gasteiger partial charge in [0.25, 0.3) is 5.91 Å². The second-order valence-corrected chi connectivity index (χ2v) is 5.81. The third-order valence-electron chi connectivity index (χ3n) is 4.38. The Hall–Kier alpha value is -2.76. The van der Waals surface area contributed by atoms with Crippen molar-refractivity contribution in [2.24, 2.45) is 0 Å². The number of carbonyl (C=O) groups excluding carboxylic acids is 1. The summed E-state index contributed by atoms with van der Waals surface area (Å²) in [5.41, 5.74) is 7.31.